The Morgan fingerprint density at radius 3 is 2.70 bits per heavy atom. The Labute approximate surface area is 134 Å². The molecule has 0 spiro atoms. The first-order valence-electron chi connectivity index (χ1n) is 6.59. The van der Waals surface area contributed by atoms with E-state index in [0.717, 1.165) is 0 Å². The molecule has 23 heavy (non-hydrogen) atoms. The molecule has 1 N–H and O–H groups in total. The Bertz CT molecular complexity index is 992. The van der Waals surface area contributed by atoms with Crippen molar-refractivity contribution in [1.29, 1.82) is 0 Å². The van der Waals surface area contributed by atoms with E-state index in [9.17, 15) is 14.4 Å². The second kappa shape index (κ2) is 6.05. The van der Waals surface area contributed by atoms with Crippen molar-refractivity contribution in [1.82, 2.24) is 9.55 Å². The van der Waals surface area contributed by atoms with Gasteiger partial charge in [-0.1, -0.05) is 11.6 Å². The molecule has 0 aliphatic rings. The number of halogens is 1. The Morgan fingerprint density at radius 1 is 1.22 bits per heavy atom. The maximum absolute atomic E-state index is 12.2. The van der Waals surface area contributed by atoms with E-state index in [1.54, 1.807) is 30.3 Å². The fourth-order valence-corrected chi connectivity index (χ4v) is 2.13. The van der Waals surface area contributed by atoms with Crippen molar-refractivity contribution < 1.29 is 9.21 Å². The molecular weight excluding hydrogens is 322 g/mol. The van der Waals surface area contributed by atoms with Gasteiger partial charge in [-0.05, 0) is 36.4 Å². The molecule has 2 heterocycles. The zero-order chi connectivity index (χ0) is 16.4. The highest BCUT2D eigenvalue weighted by Gasteiger charge is 2.13. The summed E-state index contributed by atoms with van der Waals surface area (Å²) >= 11 is 5.76. The fraction of sp³-hybridized carbons (Fsp3) is 0.0667. The number of carbonyl (C=O) groups is 1. The predicted molar refractivity (Wildman–Crippen MR) is 84.6 cm³/mol. The van der Waals surface area contributed by atoms with Crippen molar-refractivity contribution in [2.75, 3.05) is 5.32 Å². The summed E-state index contributed by atoms with van der Waals surface area (Å²) in [4.78, 5) is 40.0. The summed E-state index contributed by atoms with van der Waals surface area (Å²) < 4.78 is 5.68. The lowest BCUT2D eigenvalue weighted by atomic mass is 10.3. The number of nitrogens with zero attached hydrogens (tertiary/aromatic N) is 2. The minimum Gasteiger partial charge on any atom is -0.407 e. The number of hydrogen-bond donors (Lipinski definition) is 1. The number of fused-ring (bicyclic) bond motifs is 1. The highest BCUT2D eigenvalue weighted by atomic mass is 35.5. The summed E-state index contributed by atoms with van der Waals surface area (Å²) in [6.45, 7) is -0.476. The van der Waals surface area contributed by atoms with E-state index in [0.29, 0.717) is 15.3 Å². The SMILES string of the molecule is O=C(Cn1c(=O)oc2cccnc2c1=O)Nc1ccc(Cl)cc1. The second-order valence-electron chi connectivity index (χ2n) is 4.66. The van der Waals surface area contributed by atoms with Crippen LogP contribution in [0.5, 0.6) is 0 Å². The van der Waals surface area contributed by atoms with Gasteiger partial charge in [0, 0.05) is 16.9 Å². The van der Waals surface area contributed by atoms with E-state index in [4.69, 9.17) is 16.0 Å². The smallest absolute Gasteiger partial charge is 0.407 e. The zero-order valence-electron chi connectivity index (χ0n) is 11.7. The predicted octanol–water partition coefficient (Wildman–Crippen LogP) is 1.64. The van der Waals surface area contributed by atoms with Gasteiger partial charge in [0.15, 0.2) is 11.1 Å². The number of aromatic nitrogens is 2. The van der Waals surface area contributed by atoms with Crippen molar-refractivity contribution in [3.05, 3.63) is 68.5 Å². The van der Waals surface area contributed by atoms with Crippen LogP contribution < -0.4 is 16.6 Å². The summed E-state index contributed by atoms with van der Waals surface area (Å²) in [6, 6.07) is 9.43. The molecule has 3 aromatic rings. The molecule has 7 nitrogen and oxygen atoms in total. The van der Waals surface area contributed by atoms with E-state index in [1.165, 1.54) is 12.3 Å². The van der Waals surface area contributed by atoms with Gasteiger partial charge in [-0.25, -0.2) is 14.3 Å². The number of pyridine rings is 1. The molecular formula is C15H10ClN3O4. The number of hydrogen-bond acceptors (Lipinski definition) is 5. The lowest BCUT2D eigenvalue weighted by Gasteiger charge is -2.06. The van der Waals surface area contributed by atoms with Crippen LogP contribution in [0.2, 0.25) is 5.02 Å². The van der Waals surface area contributed by atoms with Gasteiger partial charge in [0.2, 0.25) is 5.91 Å². The average Bonchev–Trinajstić information content (AvgIpc) is 2.54. The van der Waals surface area contributed by atoms with E-state index in [1.807, 2.05) is 0 Å². The van der Waals surface area contributed by atoms with Crippen LogP contribution in [0, 0.1) is 0 Å². The monoisotopic (exact) mass is 331 g/mol. The fourth-order valence-electron chi connectivity index (χ4n) is 2.01. The Kier molecular flexibility index (Phi) is 3.94. The van der Waals surface area contributed by atoms with Crippen LogP contribution in [-0.4, -0.2) is 15.5 Å². The molecule has 2 aromatic heterocycles. The normalized spacial score (nSPS) is 10.7. The van der Waals surface area contributed by atoms with Crippen molar-refractivity contribution in [2.45, 2.75) is 6.54 Å². The largest absolute Gasteiger partial charge is 0.422 e. The molecule has 0 atom stereocenters. The molecule has 0 unspecified atom stereocenters. The number of benzene rings is 1. The summed E-state index contributed by atoms with van der Waals surface area (Å²) in [7, 11) is 0. The number of nitrogens with one attached hydrogen (secondary N) is 1. The van der Waals surface area contributed by atoms with Gasteiger partial charge in [0.25, 0.3) is 5.56 Å². The third kappa shape index (κ3) is 3.14. The highest BCUT2D eigenvalue weighted by Crippen LogP contribution is 2.13. The van der Waals surface area contributed by atoms with Gasteiger partial charge in [-0.15, -0.1) is 0 Å². The number of rotatable bonds is 3. The summed E-state index contributed by atoms with van der Waals surface area (Å²) in [5.74, 6) is -1.46. The minimum absolute atomic E-state index is 0.00797. The van der Waals surface area contributed by atoms with Gasteiger partial charge >= 0.3 is 5.76 Å². The average molecular weight is 332 g/mol. The first-order valence-corrected chi connectivity index (χ1v) is 6.96. The molecule has 1 amide bonds. The number of carbonyl (C=O) groups excluding carboxylic acids is 1. The molecule has 0 saturated carbocycles. The zero-order valence-corrected chi connectivity index (χ0v) is 12.4. The first-order chi connectivity index (χ1) is 11.0. The van der Waals surface area contributed by atoms with E-state index < -0.39 is 23.8 Å². The number of anilines is 1. The van der Waals surface area contributed by atoms with Crippen LogP contribution in [0.3, 0.4) is 0 Å². The molecule has 0 fully saturated rings. The Hall–Kier alpha value is -2.93. The van der Waals surface area contributed by atoms with Crippen LogP contribution in [0.15, 0.2) is 56.6 Å². The highest BCUT2D eigenvalue weighted by molar-refractivity contribution is 6.30. The molecule has 0 radical (unpaired) electrons. The molecule has 0 saturated heterocycles. The maximum atomic E-state index is 12.2. The Balaban J connectivity index is 1.89. The third-order valence-corrected chi connectivity index (χ3v) is 3.32. The number of amides is 1. The van der Waals surface area contributed by atoms with E-state index >= 15 is 0 Å². The van der Waals surface area contributed by atoms with Gasteiger partial charge in [-0.3, -0.25) is 9.59 Å². The van der Waals surface area contributed by atoms with Gasteiger partial charge in [0.05, 0.1) is 0 Å². The molecule has 3 rings (SSSR count). The van der Waals surface area contributed by atoms with Gasteiger partial charge in [-0.2, -0.15) is 0 Å². The molecule has 0 aliphatic carbocycles. The van der Waals surface area contributed by atoms with Gasteiger partial charge in [0.1, 0.15) is 6.54 Å². The third-order valence-electron chi connectivity index (χ3n) is 3.07. The van der Waals surface area contributed by atoms with Crippen LogP contribution in [0.4, 0.5) is 5.69 Å². The first kappa shape index (κ1) is 15.0. The van der Waals surface area contributed by atoms with Crippen LogP contribution in [0.1, 0.15) is 0 Å². The van der Waals surface area contributed by atoms with Gasteiger partial charge < -0.3 is 9.73 Å². The van der Waals surface area contributed by atoms with Crippen molar-refractivity contribution in [2.24, 2.45) is 0 Å². The maximum Gasteiger partial charge on any atom is 0.422 e. The molecule has 116 valence electrons. The second-order valence-corrected chi connectivity index (χ2v) is 5.10. The van der Waals surface area contributed by atoms with Crippen molar-refractivity contribution in [3.63, 3.8) is 0 Å². The molecule has 0 bridgehead atoms. The van der Waals surface area contributed by atoms with E-state index in [2.05, 4.69) is 10.3 Å². The minimum atomic E-state index is -0.915. The van der Waals surface area contributed by atoms with Crippen LogP contribution in [-0.2, 0) is 11.3 Å². The van der Waals surface area contributed by atoms with Crippen LogP contribution >= 0.6 is 11.6 Å². The summed E-state index contributed by atoms with van der Waals surface area (Å²) in [6.07, 6.45) is 1.40. The van der Waals surface area contributed by atoms with Crippen molar-refractivity contribution in [3.8, 4) is 0 Å². The summed E-state index contributed by atoms with van der Waals surface area (Å²) in [5.41, 5.74) is -0.109. The van der Waals surface area contributed by atoms with E-state index in [-0.39, 0.29) is 11.1 Å². The topological polar surface area (TPSA) is 94.2 Å². The Morgan fingerprint density at radius 2 is 1.96 bits per heavy atom. The van der Waals surface area contributed by atoms with Crippen LogP contribution in [0.25, 0.3) is 11.1 Å². The molecule has 0 aliphatic heterocycles. The van der Waals surface area contributed by atoms with Crippen molar-refractivity contribution >= 4 is 34.3 Å². The quantitative estimate of drug-likeness (QED) is 0.787. The molecule has 1 aromatic carbocycles. The summed E-state index contributed by atoms with van der Waals surface area (Å²) in [5, 5.41) is 3.09. The molecule has 8 heteroatoms. The standard InChI is InChI=1S/C15H10ClN3O4/c16-9-3-5-10(6-4-9)18-12(20)8-19-14(21)13-11(23-15(19)22)2-1-7-17-13/h1-7H,8H2,(H,18,20). The lowest BCUT2D eigenvalue weighted by Crippen LogP contribution is -2.37. The lowest BCUT2D eigenvalue weighted by molar-refractivity contribution is -0.116.